The highest BCUT2D eigenvalue weighted by Gasteiger charge is 2.34. The molecule has 2 heterocycles. The summed E-state index contributed by atoms with van der Waals surface area (Å²) in [4.78, 5) is 42.2. The number of esters is 1. The minimum atomic E-state index is -0.473. The van der Waals surface area contributed by atoms with Gasteiger partial charge in [0.25, 0.3) is 11.8 Å². The van der Waals surface area contributed by atoms with Crippen LogP contribution in [0.5, 0.6) is 0 Å². The Morgan fingerprint density at radius 1 is 1.00 bits per heavy atom. The second-order valence-electron chi connectivity index (χ2n) is 6.34. The first-order chi connectivity index (χ1) is 13.5. The molecule has 4 rings (SSSR count). The fourth-order valence-electron chi connectivity index (χ4n) is 3.14. The van der Waals surface area contributed by atoms with E-state index in [0.717, 1.165) is 5.39 Å². The van der Waals surface area contributed by atoms with Gasteiger partial charge in [0.1, 0.15) is 5.15 Å². The van der Waals surface area contributed by atoms with Crippen LogP contribution in [0.2, 0.25) is 5.15 Å². The van der Waals surface area contributed by atoms with Crippen LogP contribution in [0.1, 0.15) is 37.5 Å². The van der Waals surface area contributed by atoms with E-state index >= 15 is 0 Å². The molecule has 0 unspecified atom stereocenters. The standard InChI is InChI=1S/C21H15ClN2O4/c22-18-9-7-13-12-14(6-8-17(13)23-18)21(27)28-11-3-10-24-19(25)15-4-1-2-5-16(15)20(24)26/h1-2,4-9,12H,3,10-11H2. The van der Waals surface area contributed by atoms with Gasteiger partial charge in [0, 0.05) is 11.9 Å². The Kier molecular flexibility index (Phi) is 4.79. The van der Waals surface area contributed by atoms with Crippen LogP contribution in [0.3, 0.4) is 0 Å². The molecular formula is C21H15ClN2O4. The third-order valence-electron chi connectivity index (χ3n) is 4.53. The third kappa shape index (κ3) is 3.34. The summed E-state index contributed by atoms with van der Waals surface area (Å²) in [5.74, 6) is -1.10. The van der Waals surface area contributed by atoms with E-state index in [1.54, 1.807) is 54.6 Å². The summed E-state index contributed by atoms with van der Waals surface area (Å²) in [7, 11) is 0. The van der Waals surface area contributed by atoms with Gasteiger partial charge >= 0.3 is 5.97 Å². The summed E-state index contributed by atoms with van der Waals surface area (Å²) in [6, 6.07) is 15.2. The minimum absolute atomic E-state index is 0.100. The predicted octanol–water partition coefficient (Wildman–Crippen LogP) is 3.73. The molecule has 0 N–H and O–H groups in total. The zero-order valence-corrected chi connectivity index (χ0v) is 15.5. The van der Waals surface area contributed by atoms with Crippen LogP contribution in [-0.2, 0) is 4.74 Å². The van der Waals surface area contributed by atoms with Crippen LogP contribution in [-0.4, -0.2) is 40.8 Å². The highest BCUT2D eigenvalue weighted by Crippen LogP contribution is 2.22. The summed E-state index contributed by atoms with van der Waals surface area (Å²) >= 11 is 5.85. The Morgan fingerprint density at radius 3 is 2.43 bits per heavy atom. The van der Waals surface area contributed by atoms with Crippen molar-refractivity contribution >= 4 is 40.3 Å². The average molecular weight is 395 g/mol. The second-order valence-corrected chi connectivity index (χ2v) is 6.73. The lowest BCUT2D eigenvalue weighted by atomic mass is 10.1. The molecule has 2 aromatic carbocycles. The van der Waals surface area contributed by atoms with Crippen LogP contribution in [0, 0.1) is 0 Å². The number of benzene rings is 2. The number of fused-ring (bicyclic) bond motifs is 2. The summed E-state index contributed by atoms with van der Waals surface area (Å²) in [5.41, 5.74) is 1.91. The molecule has 6 nitrogen and oxygen atoms in total. The maximum absolute atomic E-state index is 12.3. The lowest BCUT2D eigenvalue weighted by Crippen LogP contribution is -2.31. The van der Waals surface area contributed by atoms with Gasteiger partial charge in [-0.15, -0.1) is 0 Å². The highest BCUT2D eigenvalue weighted by molar-refractivity contribution is 6.29. The predicted molar refractivity (Wildman–Crippen MR) is 103 cm³/mol. The number of amides is 2. The van der Waals surface area contributed by atoms with Crippen LogP contribution >= 0.6 is 11.6 Å². The molecule has 0 aliphatic carbocycles. The van der Waals surface area contributed by atoms with E-state index in [9.17, 15) is 14.4 Å². The van der Waals surface area contributed by atoms with Crippen molar-refractivity contribution in [3.05, 3.63) is 76.4 Å². The molecule has 2 amide bonds. The summed E-state index contributed by atoms with van der Waals surface area (Å²) < 4.78 is 5.27. The molecule has 0 bridgehead atoms. The summed E-state index contributed by atoms with van der Waals surface area (Å²) in [6.45, 7) is 0.295. The molecule has 0 saturated carbocycles. The molecule has 1 aromatic heterocycles. The van der Waals surface area contributed by atoms with Gasteiger partial charge in [0.05, 0.1) is 28.8 Å². The number of hydrogen-bond acceptors (Lipinski definition) is 5. The van der Waals surface area contributed by atoms with E-state index in [0.29, 0.717) is 33.8 Å². The van der Waals surface area contributed by atoms with Gasteiger partial charge in [0.2, 0.25) is 0 Å². The fraction of sp³-hybridized carbons (Fsp3) is 0.143. The molecule has 1 aliphatic heterocycles. The van der Waals surface area contributed by atoms with Gasteiger partial charge in [-0.2, -0.15) is 0 Å². The van der Waals surface area contributed by atoms with Gasteiger partial charge < -0.3 is 4.74 Å². The van der Waals surface area contributed by atoms with Crippen molar-refractivity contribution in [3.63, 3.8) is 0 Å². The van der Waals surface area contributed by atoms with Crippen molar-refractivity contribution in [2.24, 2.45) is 0 Å². The topological polar surface area (TPSA) is 76.6 Å². The number of aromatic nitrogens is 1. The average Bonchev–Trinajstić information content (AvgIpc) is 2.95. The van der Waals surface area contributed by atoms with Crippen LogP contribution in [0.25, 0.3) is 10.9 Å². The Balaban J connectivity index is 1.33. The minimum Gasteiger partial charge on any atom is -0.462 e. The van der Waals surface area contributed by atoms with Crippen molar-refractivity contribution in [1.29, 1.82) is 0 Å². The number of hydrogen-bond donors (Lipinski definition) is 0. The zero-order valence-electron chi connectivity index (χ0n) is 14.7. The molecule has 0 fully saturated rings. The Morgan fingerprint density at radius 2 is 1.71 bits per heavy atom. The van der Waals surface area contributed by atoms with Gasteiger partial charge in [-0.05, 0) is 48.9 Å². The number of rotatable bonds is 5. The molecule has 0 atom stereocenters. The maximum atomic E-state index is 12.3. The molecule has 7 heteroatoms. The van der Waals surface area contributed by atoms with Crippen LogP contribution < -0.4 is 0 Å². The number of pyridine rings is 1. The summed E-state index contributed by atoms with van der Waals surface area (Å²) in [5, 5.41) is 1.17. The Labute approximate surface area is 165 Å². The third-order valence-corrected chi connectivity index (χ3v) is 4.74. The lowest BCUT2D eigenvalue weighted by molar-refractivity contribution is 0.0482. The molecule has 1 aliphatic rings. The Hall–Kier alpha value is -3.25. The van der Waals surface area contributed by atoms with E-state index in [2.05, 4.69) is 4.98 Å². The maximum Gasteiger partial charge on any atom is 0.338 e. The number of nitrogens with zero attached hydrogens (tertiary/aromatic N) is 2. The second kappa shape index (κ2) is 7.40. The van der Waals surface area contributed by atoms with Gasteiger partial charge in [0.15, 0.2) is 0 Å². The smallest absolute Gasteiger partial charge is 0.338 e. The number of imide groups is 1. The number of carbonyl (C=O) groups is 3. The number of halogens is 1. The van der Waals surface area contributed by atoms with Gasteiger partial charge in [-0.25, -0.2) is 9.78 Å². The van der Waals surface area contributed by atoms with E-state index in [-0.39, 0.29) is 25.0 Å². The molecule has 0 radical (unpaired) electrons. The largest absolute Gasteiger partial charge is 0.462 e. The van der Waals surface area contributed by atoms with Crippen molar-refractivity contribution in [2.75, 3.05) is 13.2 Å². The summed E-state index contributed by atoms with van der Waals surface area (Å²) in [6.07, 6.45) is 0.363. The van der Waals surface area contributed by atoms with E-state index in [1.165, 1.54) is 4.90 Å². The molecule has 0 spiro atoms. The highest BCUT2D eigenvalue weighted by atomic mass is 35.5. The first kappa shape index (κ1) is 18.1. The monoisotopic (exact) mass is 394 g/mol. The van der Waals surface area contributed by atoms with Crippen LogP contribution in [0.15, 0.2) is 54.6 Å². The SMILES string of the molecule is O=C(OCCCN1C(=O)c2ccccc2C1=O)c1ccc2nc(Cl)ccc2c1. The number of carbonyl (C=O) groups excluding carboxylic acids is 3. The first-order valence-electron chi connectivity index (χ1n) is 8.73. The van der Waals surface area contributed by atoms with Gasteiger partial charge in [-0.1, -0.05) is 23.7 Å². The van der Waals surface area contributed by atoms with E-state index in [4.69, 9.17) is 16.3 Å². The van der Waals surface area contributed by atoms with Gasteiger partial charge in [-0.3, -0.25) is 14.5 Å². The zero-order chi connectivity index (χ0) is 19.7. The quantitative estimate of drug-likeness (QED) is 0.285. The first-order valence-corrected chi connectivity index (χ1v) is 9.11. The number of ether oxygens (including phenoxy) is 1. The lowest BCUT2D eigenvalue weighted by Gasteiger charge is -2.13. The molecule has 3 aromatic rings. The molecule has 140 valence electrons. The fourth-order valence-corrected chi connectivity index (χ4v) is 3.29. The molecule has 0 saturated heterocycles. The van der Waals surface area contributed by atoms with E-state index < -0.39 is 5.97 Å². The van der Waals surface area contributed by atoms with Crippen molar-refractivity contribution in [3.8, 4) is 0 Å². The van der Waals surface area contributed by atoms with Crippen LogP contribution in [0.4, 0.5) is 0 Å². The van der Waals surface area contributed by atoms with Crippen molar-refractivity contribution < 1.29 is 19.1 Å². The Bertz CT molecular complexity index is 1080. The molecule has 28 heavy (non-hydrogen) atoms. The van der Waals surface area contributed by atoms with Crippen molar-refractivity contribution in [1.82, 2.24) is 9.88 Å². The molecular weight excluding hydrogens is 380 g/mol. The van der Waals surface area contributed by atoms with E-state index in [1.807, 2.05) is 0 Å². The van der Waals surface area contributed by atoms with Crippen molar-refractivity contribution in [2.45, 2.75) is 6.42 Å². The normalized spacial score (nSPS) is 13.1.